The maximum Gasteiger partial charge on any atom is 0.241 e. The van der Waals surface area contributed by atoms with E-state index in [-0.39, 0.29) is 0 Å². The van der Waals surface area contributed by atoms with Gasteiger partial charge in [0.15, 0.2) is 17.0 Å². The van der Waals surface area contributed by atoms with E-state index in [2.05, 4.69) is 0 Å². The van der Waals surface area contributed by atoms with Crippen LogP contribution < -0.4 is 0 Å². The van der Waals surface area contributed by atoms with E-state index in [9.17, 15) is 19.7 Å². The van der Waals surface area contributed by atoms with Gasteiger partial charge in [-0.15, -0.1) is 0 Å². The largest absolute Gasteiger partial charge is 0.299 e. The van der Waals surface area contributed by atoms with Crippen molar-refractivity contribution in [3.63, 3.8) is 0 Å². The summed E-state index contributed by atoms with van der Waals surface area (Å²) in [5.41, 5.74) is -0.796. The van der Waals surface area contributed by atoms with E-state index in [0.717, 1.165) is 0 Å². The van der Waals surface area contributed by atoms with Gasteiger partial charge in [-0.3, -0.25) is 19.7 Å². The van der Waals surface area contributed by atoms with Crippen LogP contribution in [0.2, 0.25) is 0 Å². The summed E-state index contributed by atoms with van der Waals surface area (Å²) in [4.78, 5) is 34.0. The molecule has 1 aliphatic carbocycles. The highest BCUT2D eigenvalue weighted by Crippen LogP contribution is 2.61. The number of rotatable bonds is 4. The normalized spacial score (nSPS) is 24.3. The van der Waals surface area contributed by atoms with Crippen LogP contribution in [-0.4, -0.2) is 22.5 Å². The summed E-state index contributed by atoms with van der Waals surface area (Å²) < 4.78 is 0. The Labute approximate surface area is 104 Å². The number of hydrogen-bond donors (Lipinski definition) is 0. The van der Waals surface area contributed by atoms with Crippen LogP contribution in [0.25, 0.3) is 0 Å². The Hall–Kier alpha value is -2.04. The third-order valence-electron chi connectivity index (χ3n) is 3.71. The summed E-state index contributed by atoms with van der Waals surface area (Å²) >= 11 is 0. The van der Waals surface area contributed by atoms with Gasteiger partial charge in [0.1, 0.15) is 0 Å². The van der Waals surface area contributed by atoms with E-state index < -0.39 is 33.9 Å². The number of carbonyl (C=O) groups is 2. The zero-order chi connectivity index (χ0) is 13.5. The fourth-order valence-electron chi connectivity index (χ4n) is 2.87. The van der Waals surface area contributed by atoms with Crippen molar-refractivity contribution >= 4 is 11.6 Å². The van der Waals surface area contributed by atoms with Crippen LogP contribution in [0.5, 0.6) is 0 Å². The van der Waals surface area contributed by atoms with E-state index in [1.807, 2.05) is 0 Å². The van der Waals surface area contributed by atoms with Gasteiger partial charge >= 0.3 is 0 Å². The van der Waals surface area contributed by atoms with Crippen molar-refractivity contribution in [2.45, 2.75) is 25.8 Å². The van der Waals surface area contributed by atoms with Gasteiger partial charge < -0.3 is 0 Å². The van der Waals surface area contributed by atoms with Crippen LogP contribution in [0.1, 0.15) is 25.3 Å². The smallest absolute Gasteiger partial charge is 0.241 e. The summed E-state index contributed by atoms with van der Waals surface area (Å²) in [6, 6.07) is 7.58. The molecule has 18 heavy (non-hydrogen) atoms. The van der Waals surface area contributed by atoms with Crippen LogP contribution in [0, 0.1) is 15.5 Å². The van der Waals surface area contributed by atoms with Gasteiger partial charge in [-0.1, -0.05) is 30.3 Å². The molecule has 1 aromatic carbocycles. The summed E-state index contributed by atoms with van der Waals surface area (Å²) in [7, 11) is 0. The molecule has 1 aromatic rings. The summed E-state index contributed by atoms with van der Waals surface area (Å²) in [5.74, 6) is -1.49. The molecule has 0 bridgehead atoms. The lowest BCUT2D eigenvalue weighted by molar-refractivity contribution is -0.500. The Kier molecular flexibility index (Phi) is 2.77. The molecule has 2 rings (SSSR count). The first kappa shape index (κ1) is 12.4. The van der Waals surface area contributed by atoms with E-state index >= 15 is 0 Å². The summed E-state index contributed by atoms with van der Waals surface area (Å²) in [5, 5.41) is 11.1. The van der Waals surface area contributed by atoms with Gasteiger partial charge in [-0.2, -0.15) is 0 Å². The number of benzene rings is 1. The lowest BCUT2D eigenvalue weighted by Crippen LogP contribution is -2.28. The number of hydrogen-bond acceptors (Lipinski definition) is 4. The van der Waals surface area contributed by atoms with Gasteiger partial charge in [0, 0.05) is 4.92 Å². The summed E-state index contributed by atoms with van der Waals surface area (Å²) in [6.45, 7) is 2.50. The van der Waals surface area contributed by atoms with Crippen LogP contribution >= 0.6 is 0 Å². The molecule has 0 saturated heterocycles. The first-order chi connectivity index (χ1) is 8.44. The maximum absolute atomic E-state index is 11.7. The molecule has 1 aliphatic rings. The highest BCUT2D eigenvalue weighted by Gasteiger charge is 2.80. The second-order valence-corrected chi connectivity index (χ2v) is 4.60. The predicted molar refractivity (Wildman–Crippen MR) is 63.8 cm³/mol. The first-order valence-corrected chi connectivity index (χ1v) is 5.64. The van der Waals surface area contributed by atoms with Crippen molar-refractivity contribution in [2.24, 2.45) is 5.41 Å². The minimum Gasteiger partial charge on any atom is -0.299 e. The van der Waals surface area contributed by atoms with Crippen LogP contribution in [-0.2, 0) is 9.59 Å². The van der Waals surface area contributed by atoms with Gasteiger partial charge in [0.25, 0.3) is 0 Å². The lowest BCUT2D eigenvalue weighted by Gasteiger charge is -2.06. The molecule has 1 saturated carbocycles. The van der Waals surface area contributed by atoms with Crippen molar-refractivity contribution in [3.05, 3.63) is 46.0 Å². The molecule has 0 spiro atoms. The maximum atomic E-state index is 11.7. The molecule has 0 N–H and O–H groups in total. The molecule has 0 heterocycles. The quantitative estimate of drug-likeness (QED) is 0.460. The molecule has 2 unspecified atom stereocenters. The molecular formula is C13H13NO4. The zero-order valence-corrected chi connectivity index (χ0v) is 10.1. The van der Waals surface area contributed by atoms with Crippen LogP contribution in [0.3, 0.4) is 0 Å². The van der Waals surface area contributed by atoms with Crippen LogP contribution in [0.4, 0.5) is 0 Å². The Bertz CT molecular complexity index is 509. The van der Waals surface area contributed by atoms with E-state index in [0.29, 0.717) is 5.56 Å². The first-order valence-electron chi connectivity index (χ1n) is 5.64. The fourth-order valence-corrected chi connectivity index (χ4v) is 2.87. The molecule has 2 atom stereocenters. The molecule has 1 fully saturated rings. The molecule has 0 aliphatic heterocycles. The van der Waals surface area contributed by atoms with E-state index in [1.165, 1.54) is 13.8 Å². The molecule has 0 amide bonds. The topological polar surface area (TPSA) is 77.3 Å². The van der Waals surface area contributed by atoms with Gasteiger partial charge in [0.2, 0.25) is 6.04 Å². The average molecular weight is 247 g/mol. The molecule has 5 heteroatoms. The van der Waals surface area contributed by atoms with Gasteiger partial charge in [0.05, 0.1) is 5.92 Å². The molecule has 5 nitrogen and oxygen atoms in total. The van der Waals surface area contributed by atoms with Crippen molar-refractivity contribution in [1.29, 1.82) is 0 Å². The SMILES string of the molecule is CC(=O)C1(C(C)=O)C(c2ccccc2)C1[N+](=O)[O-]. The van der Waals surface area contributed by atoms with Crippen molar-refractivity contribution in [1.82, 2.24) is 0 Å². The molecule has 94 valence electrons. The second-order valence-electron chi connectivity index (χ2n) is 4.60. The summed E-state index contributed by atoms with van der Waals surface area (Å²) in [6.07, 6.45) is 0. The average Bonchev–Trinajstić information content (AvgIpc) is 3.01. The Morgan fingerprint density at radius 1 is 1.17 bits per heavy atom. The molecular weight excluding hydrogens is 234 g/mol. The minimum absolute atomic E-state index is 0.425. The Morgan fingerprint density at radius 2 is 1.67 bits per heavy atom. The van der Waals surface area contributed by atoms with Crippen molar-refractivity contribution in [2.75, 3.05) is 0 Å². The van der Waals surface area contributed by atoms with Crippen molar-refractivity contribution < 1.29 is 14.5 Å². The van der Waals surface area contributed by atoms with Crippen LogP contribution in [0.15, 0.2) is 30.3 Å². The van der Waals surface area contributed by atoms with Gasteiger partial charge in [-0.25, -0.2) is 0 Å². The highest BCUT2D eigenvalue weighted by atomic mass is 16.6. The van der Waals surface area contributed by atoms with E-state index in [1.54, 1.807) is 30.3 Å². The number of nitro groups is 1. The molecule has 0 radical (unpaired) electrons. The van der Waals surface area contributed by atoms with Crippen molar-refractivity contribution in [3.8, 4) is 0 Å². The third kappa shape index (κ3) is 1.47. The fraction of sp³-hybridized carbons (Fsp3) is 0.385. The van der Waals surface area contributed by atoms with Gasteiger partial charge in [-0.05, 0) is 19.4 Å². The zero-order valence-electron chi connectivity index (χ0n) is 10.1. The predicted octanol–water partition coefficient (Wildman–Crippen LogP) is 1.59. The minimum atomic E-state index is -1.47. The Balaban J connectivity index is 2.51. The number of carbonyl (C=O) groups excluding carboxylic acids is 2. The Morgan fingerprint density at radius 3 is 2.00 bits per heavy atom. The standard InChI is InChI=1S/C13H13NO4/c1-8(15)13(9(2)16)11(12(13)14(17)18)10-6-4-3-5-7-10/h3-7,11-12H,1-2H3. The molecule has 0 aromatic heterocycles. The monoisotopic (exact) mass is 247 g/mol. The third-order valence-corrected chi connectivity index (χ3v) is 3.71. The highest BCUT2D eigenvalue weighted by molar-refractivity contribution is 6.11. The van der Waals surface area contributed by atoms with E-state index in [4.69, 9.17) is 0 Å². The second kappa shape index (κ2) is 4.01. The number of nitrogens with zero attached hydrogens (tertiary/aromatic N) is 1. The number of ketones is 2. The number of Topliss-reactive ketones (excluding diaryl/α,β-unsaturated/α-hetero) is 2. The lowest BCUT2D eigenvalue weighted by atomic mass is 9.91.